The number of nitrogens with one attached hydrogen (secondary N) is 1. The van der Waals surface area contributed by atoms with Gasteiger partial charge in [0.1, 0.15) is 5.75 Å². The first-order chi connectivity index (χ1) is 13.7. The number of ether oxygens (including phenoxy) is 1. The van der Waals surface area contributed by atoms with Crippen LogP contribution in [0, 0.1) is 25.2 Å². The predicted molar refractivity (Wildman–Crippen MR) is 111 cm³/mol. The van der Waals surface area contributed by atoms with Gasteiger partial charge in [0.2, 0.25) is 10.0 Å². The molecular weight excluding hydrogens is 390 g/mol. The summed E-state index contributed by atoms with van der Waals surface area (Å²) in [6.45, 7) is 7.69. The maximum atomic E-state index is 12.8. The average Bonchev–Trinajstić information content (AvgIpc) is 2.70. The molecule has 1 N–H and O–H groups in total. The monoisotopic (exact) mass is 415 g/mol. The predicted octanol–water partition coefficient (Wildman–Crippen LogP) is 3.22. The van der Waals surface area contributed by atoms with Crippen molar-refractivity contribution in [3.8, 4) is 11.8 Å². The second kappa shape index (κ2) is 9.54. The van der Waals surface area contributed by atoms with Crippen LogP contribution in [0.25, 0.3) is 0 Å². The summed E-state index contributed by atoms with van der Waals surface area (Å²) in [7, 11) is -3.64. The van der Waals surface area contributed by atoms with Gasteiger partial charge in [0.25, 0.3) is 5.91 Å². The van der Waals surface area contributed by atoms with E-state index in [9.17, 15) is 13.2 Å². The minimum absolute atomic E-state index is 0.146. The van der Waals surface area contributed by atoms with Crippen molar-refractivity contribution in [3.05, 3.63) is 53.1 Å². The van der Waals surface area contributed by atoms with Crippen molar-refractivity contribution in [3.63, 3.8) is 0 Å². The minimum Gasteiger partial charge on any atom is -0.484 e. The summed E-state index contributed by atoms with van der Waals surface area (Å²) in [6.07, 6.45) is 0. The fourth-order valence-electron chi connectivity index (χ4n) is 2.78. The third-order valence-electron chi connectivity index (χ3n) is 4.61. The molecule has 0 spiro atoms. The highest BCUT2D eigenvalue weighted by Crippen LogP contribution is 2.26. The van der Waals surface area contributed by atoms with Crippen molar-refractivity contribution in [2.24, 2.45) is 0 Å². The van der Waals surface area contributed by atoms with Crippen molar-refractivity contribution in [2.75, 3.05) is 25.0 Å². The van der Waals surface area contributed by atoms with Gasteiger partial charge >= 0.3 is 0 Å². The number of nitrogens with zero attached hydrogens (tertiary/aromatic N) is 2. The molecule has 1 amide bonds. The Morgan fingerprint density at radius 1 is 1.14 bits per heavy atom. The summed E-state index contributed by atoms with van der Waals surface area (Å²) < 4.78 is 32.5. The Morgan fingerprint density at radius 2 is 1.76 bits per heavy atom. The number of anilines is 1. The lowest BCUT2D eigenvalue weighted by molar-refractivity contribution is -0.118. The highest BCUT2D eigenvalue weighted by Gasteiger charge is 2.23. The first kappa shape index (κ1) is 22.4. The Kier molecular flexibility index (Phi) is 7.37. The Bertz CT molecular complexity index is 1020. The van der Waals surface area contributed by atoms with E-state index < -0.39 is 15.9 Å². The van der Waals surface area contributed by atoms with Gasteiger partial charge in [-0.2, -0.15) is 9.57 Å². The van der Waals surface area contributed by atoms with E-state index in [2.05, 4.69) is 5.32 Å². The molecule has 2 aromatic carbocycles. The number of carbonyl (C=O) groups excluding carboxylic acids is 1. The van der Waals surface area contributed by atoms with Crippen LogP contribution in [0.2, 0.25) is 0 Å². The molecule has 2 aromatic rings. The first-order valence-corrected chi connectivity index (χ1v) is 10.7. The Morgan fingerprint density at radius 3 is 2.31 bits per heavy atom. The van der Waals surface area contributed by atoms with E-state index in [1.807, 2.05) is 13.0 Å². The van der Waals surface area contributed by atoms with Gasteiger partial charge in [-0.1, -0.05) is 13.8 Å². The lowest BCUT2D eigenvalue weighted by Gasteiger charge is -2.20. The van der Waals surface area contributed by atoms with Crippen molar-refractivity contribution in [2.45, 2.75) is 32.6 Å². The van der Waals surface area contributed by atoms with E-state index in [0.717, 1.165) is 11.1 Å². The van der Waals surface area contributed by atoms with Crippen LogP contribution in [0.1, 0.15) is 30.5 Å². The second-order valence-corrected chi connectivity index (χ2v) is 8.41. The zero-order valence-electron chi connectivity index (χ0n) is 17.0. The molecule has 154 valence electrons. The van der Waals surface area contributed by atoms with Gasteiger partial charge in [0.05, 0.1) is 16.5 Å². The lowest BCUT2D eigenvalue weighted by Crippen LogP contribution is -2.31. The van der Waals surface area contributed by atoms with Crippen LogP contribution < -0.4 is 10.1 Å². The van der Waals surface area contributed by atoms with Crippen LogP contribution in [0.15, 0.2) is 41.3 Å². The topological polar surface area (TPSA) is 99.5 Å². The van der Waals surface area contributed by atoms with E-state index >= 15 is 0 Å². The van der Waals surface area contributed by atoms with E-state index in [4.69, 9.17) is 10.00 Å². The number of sulfonamides is 1. The number of benzene rings is 2. The van der Waals surface area contributed by atoms with Crippen LogP contribution >= 0.6 is 0 Å². The second-order valence-electron chi connectivity index (χ2n) is 6.48. The number of rotatable bonds is 8. The van der Waals surface area contributed by atoms with Gasteiger partial charge < -0.3 is 10.1 Å². The summed E-state index contributed by atoms with van der Waals surface area (Å²) >= 11 is 0. The maximum Gasteiger partial charge on any atom is 0.262 e. The fraction of sp³-hybridized carbons (Fsp3) is 0.333. The quantitative estimate of drug-likeness (QED) is 0.714. The smallest absolute Gasteiger partial charge is 0.262 e. The molecule has 0 aliphatic rings. The van der Waals surface area contributed by atoms with Gasteiger partial charge in [0.15, 0.2) is 6.61 Å². The van der Waals surface area contributed by atoms with Gasteiger partial charge in [-0.25, -0.2) is 8.42 Å². The molecule has 0 aliphatic carbocycles. The fourth-order valence-corrected chi connectivity index (χ4v) is 4.35. The van der Waals surface area contributed by atoms with Gasteiger partial charge in [-0.3, -0.25) is 4.79 Å². The molecule has 0 fully saturated rings. The molecule has 7 nitrogen and oxygen atoms in total. The number of hydrogen-bond donors (Lipinski definition) is 1. The molecule has 2 rings (SSSR count). The van der Waals surface area contributed by atoms with E-state index in [0.29, 0.717) is 30.1 Å². The molecule has 0 radical (unpaired) electrons. The Balaban J connectivity index is 2.18. The summed E-state index contributed by atoms with van der Waals surface area (Å²) in [4.78, 5) is 12.5. The van der Waals surface area contributed by atoms with Crippen LogP contribution in [-0.4, -0.2) is 38.3 Å². The molecule has 8 heteroatoms. The molecular formula is C21H25N3O4S. The summed E-state index contributed by atoms with van der Waals surface area (Å²) in [5.74, 6) is 0.0548. The van der Waals surface area contributed by atoms with Crippen molar-refractivity contribution in [1.82, 2.24) is 4.31 Å². The number of hydrogen-bond acceptors (Lipinski definition) is 5. The van der Waals surface area contributed by atoms with E-state index in [1.54, 1.807) is 51.1 Å². The number of amides is 1. The van der Waals surface area contributed by atoms with E-state index in [-0.39, 0.29) is 11.5 Å². The van der Waals surface area contributed by atoms with Gasteiger partial charge in [-0.15, -0.1) is 0 Å². The average molecular weight is 416 g/mol. The Labute approximate surface area is 172 Å². The molecule has 0 heterocycles. The molecule has 0 saturated heterocycles. The number of aryl methyl sites for hydroxylation is 1. The molecule has 0 saturated carbocycles. The number of carbonyl (C=O) groups is 1. The third kappa shape index (κ3) is 5.34. The third-order valence-corrected chi connectivity index (χ3v) is 6.64. The first-order valence-electron chi connectivity index (χ1n) is 9.27. The Hall–Kier alpha value is -2.89. The summed E-state index contributed by atoms with van der Waals surface area (Å²) in [5.41, 5.74) is 2.49. The van der Waals surface area contributed by atoms with Crippen molar-refractivity contribution >= 4 is 21.6 Å². The molecule has 0 aliphatic heterocycles. The van der Waals surface area contributed by atoms with Gasteiger partial charge in [0, 0.05) is 18.8 Å². The van der Waals surface area contributed by atoms with Crippen LogP contribution in [0.5, 0.6) is 5.75 Å². The molecule has 29 heavy (non-hydrogen) atoms. The summed E-state index contributed by atoms with van der Waals surface area (Å²) in [6, 6.07) is 11.5. The zero-order valence-corrected chi connectivity index (χ0v) is 17.8. The normalized spacial score (nSPS) is 11.2. The minimum atomic E-state index is -3.64. The molecule has 0 aromatic heterocycles. The molecule has 0 unspecified atom stereocenters. The number of nitriles is 1. The van der Waals surface area contributed by atoms with Gasteiger partial charge in [-0.05, 0) is 61.4 Å². The molecule has 0 bridgehead atoms. The molecule has 0 atom stereocenters. The van der Waals surface area contributed by atoms with Crippen LogP contribution in [0.3, 0.4) is 0 Å². The lowest BCUT2D eigenvalue weighted by atomic mass is 10.1. The van der Waals surface area contributed by atoms with Crippen LogP contribution in [0.4, 0.5) is 5.69 Å². The zero-order chi connectivity index (χ0) is 21.6. The highest BCUT2D eigenvalue weighted by atomic mass is 32.2. The van der Waals surface area contributed by atoms with Crippen LogP contribution in [-0.2, 0) is 14.8 Å². The van der Waals surface area contributed by atoms with E-state index in [1.165, 1.54) is 10.4 Å². The SMILES string of the molecule is CCN(CC)S(=O)(=O)c1cc(C)c(C)c(NC(=O)COc2ccc(C#N)cc2)c1. The summed E-state index contributed by atoms with van der Waals surface area (Å²) in [5, 5.41) is 11.5. The highest BCUT2D eigenvalue weighted by molar-refractivity contribution is 7.89. The van der Waals surface area contributed by atoms with Crippen molar-refractivity contribution < 1.29 is 17.9 Å². The largest absolute Gasteiger partial charge is 0.484 e. The standard InChI is InChI=1S/C21H25N3O4S/c1-5-24(6-2)29(26,27)19-11-15(3)16(4)20(12-19)23-21(25)14-28-18-9-7-17(13-22)8-10-18/h7-12H,5-6,14H2,1-4H3,(H,23,25). The van der Waals surface area contributed by atoms with Crippen molar-refractivity contribution in [1.29, 1.82) is 5.26 Å². The maximum absolute atomic E-state index is 12.8.